The molecule has 1 aliphatic heterocycles. The number of hydrogen-bond donors (Lipinski definition) is 2. The van der Waals surface area contributed by atoms with E-state index < -0.39 is 17.9 Å². The SMILES string of the molecule is N#Cc1ccc(C[C@H](NC(=O)Nc2ccc(F)cc2)C(=O)N2Cc3ccc(F)cc3C2)cc1. The van der Waals surface area contributed by atoms with Crippen LogP contribution in [0.2, 0.25) is 0 Å². The van der Waals surface area contributed by atoms with Crippen molar-refractivity contribution < 1.29 is 18.4 Å². The average Bonchev–Trinajstić information content (AvgIpc) is 3.23. The van der Waals surface area contributed by atoms with E-state index in [9.17, 15) is 18.4 Å². The molecule has 6 nitrogen and oxygen atoms in total. The summed E-state index contributed by atoms with van der Waals surface area (Å²) in [6.45, 7) is 0.566. The summed E-state index contributed by atoms with van der Waals surface area (Å²) < 4.78 is 26.7. The van der Waals surface area contributed by atoms with Gasteiger partial charge in [-0.15, -0.1) is 0 Å². The topological polar surface area (TPSA) is 85.2 Å². The molecule has 0 saturated carbocycles. The predicted molar refractivity (Wildman–Crippen MR) is 118 cm³/mol. The lowest BCUT2D eigenvalue weighted by molar-refractivity contribution is -0.133. The zero-order valence-electron chi connectivity index (χ0n) is 17.5. The number of nitrogens with zero attached hydrogens (tertiary/aromatic N) is 2. The number of rotatable bonds is 5. The first kappa shape index (κ1) is 22.0. The fourth-order valence-electron chi connectivity index (χ4n) is 3.75. The molecular formula is C25H20F2N4O2. The Morgan fingerprint density at radius 3 is 2.30 bits per heavy atom. The molecule has 0 radical (unpaired) electrons. The summed E-state index contributed by atoms with van der Waals surface area (Å²) >= 11 is 0. The van der Waals surface area contributed by atoms with Crippen LogP contribution < -0.4 is 10.6 Å². The number of benzene rings is 3. The van der Waals surface area contributed by atoms with Gasteiger partial charge in [0.1, 0.15) is 17.7 Å². The number of urea groups is 1. The maximum Gasteiger partial charge on any atom is 0.319 e. The van der Waals surface area contributed by atoms with Crippen molar-refractivity contribution in [3.8, 4) is 6.07 Å². The monoisotopic (exact) mass is 446 g/mol. The summed E-state index contributed by atoms with van der Waals surface area (Å²) in [5, 5.41) is 14.3. The summed E-state index contributed by atoms with van der Waals surface area (Å²) in [5.74, 6) is -1.11. The Balaban J connectivity index is 1.51. The van der Waals surface area contributed by atoms with Crippen molar-refractivity contribution in [2.45, 2.75) is 25.6 Å². The molecule has 2 N–H and O–H groups in total. The van der Waals surface area contributed by atoms with Gasteiger partial charge in [0.2, 0.25) is 5.91 Å². The smallest absolute Gasteiger partial charge is 0.319 e. The van der Waals surface area contributed by atoms with Crippen molar-refractivity contribution in [1.82, 2.24) is 10.2 Å². The molecule has 0 fully saturated rings. The highest BCUT2D eigenvalue weighted by Gasteiger charge is 2.30. The van der Waals surface area contributed by atoms with Crippen LogP contribution in [-0.4, -0.2) is 22.9 Å². The normalized spacial score (nSPS) is 13.1. The fourth-order valence-corrected chi connectivity index (χ4v) is 3.75. The molecule has 33 heavy (non-hydrogen) atoms. The molecular weight excluding hydrogens is 426 g/mol. The van der Waals surface area contributed by atoms with Crippen LogP contribution in [0.5, 0.6) is 0 Å². The van der Waals surface area contributed by atoms with Gasteiger partial charge in [0, 0.05) is 25.2 Å². The maximum atomic E-state index is 13.6. The number of carbonyl (C=O) groups excluding carboxylic acids is 2. The van der Waals surface area contributed by atoms with Gasteiger partial charge in [-0.05, 0) is 65.2 Å². The molecule has 3 amide bonds. The van der Waals surface area contributed by atoms with Crippen molar-refractivity contribution in [3.63, 3.8) is 0 Å². The molecule has 0 saturated heterocycles. The third-order valence-corrected chi connectivity index (χ3v) is 5.43. The number of anilines is 1. The minimum atomic E-state index is -0.905. The number of carbonyl (C=O) groups is 2. The molecule has 8 heteroatoms. The van der Waals surface area contributed by atoms with Gasteiger partial charge in [-0.2, -0.15) is 5.26 Å². The second-order valence-electron chi connectivity index (χ2n) is 7.78. The maximum absolute atomic E-state index is 13.6. The molecule has 1 heterocycles. The molecule has 0 aliphatic carbocycles. The van der Waals surface area contributed by atoms with Crippen LogP contribution in [0.4, 0.5) is 19.3 Å². The van der Waals surface area contributed by atoms with Gasteiger partial charge in [-0.1, -0.05) is 18.2 Å². The van der Waals surface area contributed by atoms with E-state index >= 15 is 0 Å². The lowest BCUT2D eigenvalue weighted by Gasteiger charge is -2.24. The van der Waals surface area contributed by atoms with Crippen LogP contribution in [0.15, 0.2) is 66.7 Å². The van der Waals surface area contributed by atoms with Gasteiger partial charge >= 0.3 is 6.03 Å². The van der Waals surface area contributed by atoms with Gasteiger partial charge in [0.15, 0.2) is 0 Å². The minimum Gasteiger partial charge on any atom is -0.332 e. The first-order valence-corrected chi connectivity index (χ1v) is 10.3. The number of fused-ring (bicyclic) bond motifs is 1. The van der Waals surface area contributed by atoms with Crippen molar-refractivity contribution >= 4 is 17.6 Å². The highest BCUT2D eigenvalue weighted by molar-refractivity contribution is 5.94. The summed E-state index contributed by atoms with van der Waals surface area (Å²) in [4.78, 5) is 27.5. The van der Waals surface area contributed by atoms with E-state index in [1.54, 1.807) is 35.2 Å². The standard InChI is InChI=1S/C25H20F2N4O2/c26-20-7-9-22(10-8-20)29-25(33)30-23(11-16-1-3-17(13-28)4-2-16)24(32)31-14-18-5-6-21(27)12-19(18)15-31/h1-10,12,23H,11,14-15H2,(H2,29,30,33)/t23-/m0/s1. The predicted octanol–water partition coefficient (Wildman–Crippen LogP) is 4.11. The average molecular weight is 446 g/mol. The zero-order chi connectivity index (χ0) is 23.4. The Hall–Kier alpha value is -4.25. The fraction of sp³-hybridized carbons (Fsp3) is 0.160. The Labute approximate surface area is 189 Å². The zero-order valence-corrected chi connectivity index (χ0v) is 17.5. The van der Waals surface area contributed by atoms with Crippen molar-refractivity contribution in [2.75, 3.05) is 5.32 Å². The molecule has 0 spiro atoms. The summed E-state index contributed by atoms with van der Waals surface area (Å²) in [5.41, 5.74) is 3.22. The number of amides is 3. The molecule has 166 valence electrons. The Bertz CT molecular complexity index is 1220. The quantitative estimate of drug-likeness (QED) is 0.619. The number of nitrogens with one attached hydrogen (secondary N) is 2. The molecule has 4 rings (SSSR count). The second-order valence-corrected chi connectivity index (χ2v) is 7.78. The Morgan fingerprint density at radius 1 is 0.939 bits per heavy atom. The van der Waals surface area contributed by atoms with Crippen LogP contribution >= 0.6 is 0 Å². The van der Waals surface area contributed by atoms with E-state index in [2.05, 4.69) is 10.6 Å². The van der Waals surface area contributed by atoms with Crippen LogP contribution in [0.25, 0.3) is 0 Å². The van der Waals surface area contributed by atoms with Gasteiger partial charge in [-0.25, -0.2) is 13.6 Å². The summed E-state index contributed by atoms with van der Waals surface area (Å²) in [6, 6.07) is 17.0. The molecule has 3 aromatic rings. The lowest BCUT2D eigenvalue weighted by atomic mass is 10.0. The molecule has 0 bridgehead atoms. The van der Waals surface area contributed by atoms with E-state index in [4.69, 9.17) is 5.26 Å². The van der Waals surface area contributed by atoms with Crippen LogP contribution in [0, 0.1) is 23.0 Å². The van der Waals surface area contributed by atoms with Crippen LogP contribution in [-0.2, 0) is 24.3 Å². The molecule has 1 atom stereocenters. The Morgan fingerprint density at radius 2 is 1.61 bits per heavy atom. The van der Waals surface area contributed by atoms with Crippen LogP contribution in [0.3, 0.4) is 0 Å². The summed E-state index contributed by atoms with van der Waals surface area (Å²) in [7, 11) is 0. The highest BCUT2D eigenvalue weighted by Crippen LogP contribution is 2.24. The van der Waals surface area contributed by atoms with Crippen molar-refractivity contribution in [1.29, 1.82) is 5.26 Å². The Kier molecular flexibility index (Phi) is 6.31. The van der Waals surface area contributed by atoms with Gasteiger partial charge < -0.3 is 15.5 Å². The third kappa shape index (κ3) is 5.33. The van der Waals surface area contributed by atoms with Crippen molar-refractivity contribution in [2.24, 2.45) is 0 Å². The van der Waals surface area contributed by atoms with Gasteiger partial charge in [0.25, 0.3) is 0 Å². The molecule has 1 aliphatic rings. The van der Waals surface area contributed by atoms with E-state index in [0.717, 1.165) is 16.7 Å². The molecule has 3 aromatic carbocycles. The van der Waals surface area contributed by atoms with Gasteiger partial charge in [0.05, 0.1) is 11.6 Å². The first-order valence-electron chi connectivity index (χ1n) is 10.3. The number of hydrogen-bond acceptors (Lipinski definition) is 3. The highest BCUT2D eigenvalue weighted by atomic mass is 19.1. The van der Waals surface area contributed by atoms with E-state index in [-0.39, 0.29) is 24.7 Å². The van der Waals surface area contributed by atoms with E-state index in [1.807, 2.05) is 6.07 Å². The van der Waals surface area contributed by atoms with E-state index in [0.29, 0.717) is 17.8 Å². The minimum absolute atomic E-state index is 0.197. The molecule has 0 aromatic heterocycles. The third-order valence-electron chi connectivity index (χ3n) is 5.43. The van der Waals surface area contributed by atoms with Crippen LogP contribution in [0.1, 0.15) is 22.3 Å². The second kappa shape index (κ2) is 9.49. The van der Waals surface area contributed by atoms with Crippen molar-refractivity contribution in [3.05, 3.63) is 101 Å². The number of halogens is 2. The molecule has 0 unspecified atom stereocenters. The van der Waals surface area contributed by atoms with Gasteiger partial charge in [-0.3, -0.25) is 4.79 Å². The van der Waals surface area contributed by atoms with E-state index in [1.165, 1.54) is 36.4 Å². The first-order chi connectivity index (χ1) is 15.9. The largest absolute Gasteiger partial charge is 0.332 e. The number of nitriles is 1. The summed E-state index contributed by atoms with van der Waals surface area (Å²) in [6.07, 6.45) is 0.197. The lowest BCUT2D eigenvalue weighted by Crippen LogP contribution is -2.49.